The number of ether oxygens (including phenoxy) is 2. The Morgan fingerprint density at radius 1 is 0.560 bits per heavy atom. The van der Waals surface area contributed by atoms with Gasteiger partial charge in [-0.25, -0.2) is 19.9 Å². The summed E-state index contributed by atoms with van der Waals surface area (Å²) in [5, 5.41) is 0.533. The SMILES string of the molecule is COc1ncc(C2CCC(CC(Cl)C3CCC(CC(=O)CC4CCC(C(Cl)CC5CCC(c6cnc(OC)nc6)CC5)CC4)CC3)CC2)cn1. The molecule has 4 aliphatic rings. The first kappa shape index (κ1) is 37.8. The standard InChI is InChI=1S/C41H60Cl2N4O3/c1-49-40-44-23-35(24-45-40)31-11-3-29(4-12-31)21-38(42)33-15-7-27(8-16-33)19-37(48)20-28-9-17-34(18-10-28)39(43)22-30-5-13-32(14-6-30)36-25-46-41(50-2)47-26-36/h23-34,38-39H,3-22H2,1-2H3. The predicted molar refractivity (Wildman–Crippen MR) is 200 cm³/mol. The molecule has 0 saturated heterocycles. The van der Waals surface area contributed by atoms with Gasteiger partial charge in [-0.3, -0.25) is 4.79 Å². The Bertz CT molecular complexity index is 1200. The molecule has 0 aliphatic heterocycles. The molecule has 4 saturated carbocycles. The lowest BCUT2D eigenvalue weighted by molar-refractivity contribution is -0.121. The van der Waals surface area contributed by atoms with E-state index in [0.717, 1.165) is 37.5 Å². The molecule has 0 bridgehead atoms. The van der Waals surface area contributed by atoms with E-state index >= 15 is 0 Å². The van der Waals surface area contributed by atoms with E-state index in [1.807, 2.05) is 24.8 Å². The van der Waals surface area contributed by atoms with E-state index in [1.54, 1.807) is 14.2 Å². The lowest BCUT2D eigenvalue weighted by atomic mass is 9.72. The molecule has 2 aromatic rings. The number of alkyl halides is 2. The van der Waals surface area contributed by atoms with Gasteiger partial charge in [0, 0.05) is 48.4 Å². The highest BCUT2D eigenvalue weighted by Gasteiger charge is 2.33. The first-order chi connectivity index (χ1) is 24.4. The molecule has 4 aliphatic carbocycles. The molecular formula is C41H60Cl2N4O3. The summed E-state index contributed by atoms with van der Waals surface area (Å²) >= 11 is 14.1. The minimum absolute atomic E-state index is 0.267. The monoisotopic (exact) mass is 726 g/mol. The molecule has 6 rings (SSSR count). The second-order valence-corrected chi connectivity index (χ2v) is 17.6. The average molecular weight is 728 g/mol. The zero-order valence-electron chi connectivity index (χ0n) is 30.5. The van der Waals surface area contributed by atoms with Crippen LogP contribution in [-0.4, -0.2) is 50.7 Å². The molecule has 0 radical (unpaired) electrons. The number of rotatable bonds is 14. The van der Waals surface area contributed by atoms with E-state index in [0.29, 0.717) is 53.3 Å². The van der Waals surface area contributed by atoms with Crippen molar-refractivity contribution in [2.45, 2.75) is 151 Å². The van der Waals surface area contributed by atoms with Gasteiger partial charge in [0.15, 0.2) is 0 Å². The normalized spacial score (nSPS) is 31.8. The van der Waals surface area contributed by atoms with Gasteiger partial charge >= 0.3 is 12.0 Å². The number of hydrogen-bond donors (Lipinski definition) is 0. The summed E-state index contributed by atoms with van der Waals surface area (Å²) < 4.78 is 10.2. The largest absolute Gasteiger partial charge is 0.467 e. The van der Waals surface area contributed by atoms with Crippen LogP contribution in [-0.2, 0) is 4.79 Å². The Morgan fingerprint density at radius 3 is 1.20 bits per heavy atom. The van der Waals surface area contributed by atoms with Gasteiger partial charge in [-0.2, -0.15) is 0 Å². The van der Waals surface area contributed by atoms with Gasteiger partial charge in [0.25, 0.3) is 0 Å². The fourth-order valence-corrected chi connectivity index (χ4v) is 11.0. The number of methoxy groups -OCH3 is 2. The predicted octanol–water partition coefficient (Wildman–Crippen LogP) is 10.5. The Balaban J connectivity index is 0.819. The zero-order valence-corrected chi connectivity index (χ0v) is 32.0. The first-order valence-corrected chi connectivity index (χ1v) is 20.8. The molecule has 4 fully saturated rings. The first-order valence-electron chi connectivity index (χ1n) is 19.9. The molecule has 2 aromatic heterocycles. The van der Waals surface area contributed by atoms with Gasteiger partial charge < -0.3 is 9.47 Å². The fourth-order valence-electron chi connectivity index (χ4n) is 10.0. The highest BCUT2D eigenvalue weighted by atomic mass is 35.5. The average Bonchev–Trinajstić information content (AvgIpc) is 3.16. The van der Waals surface area contributed by atoms with Gasteiger partial charge in [-0.1, -0.05) is 0 Å². The van der Waals surface area contributed by atoms with Crippen LogP contribution in [0.1, 0.15) is 151 Å². The number of carbonyl (C=O) groups excluding carboxylic acids is 1. The second kappa shape index (κ2) is 18.7. The lowest BCUT2D eigenvalue weighted by Gasteiger charge is -2.35. The third-order valence-electron chi connectivity index (χ3n) is 13.3. The number of halogens is 2. The van der Waals surface area contributed by atoms with E-state index in [9.17, 15) is 4.79 Å². The van der Waals surface area contributed by atoms with Crippen molar-refractivity contribution in [1.29, 1.82) is 0 Å². The number of hydrogen-bond acceptors (Lipinski definition) is 7. The van der Waals surface area contributed by atoms with E-state index in [-0.39, 0.29) is 10.8 Å². The van der Waals surface area contributed by atoms with Gasteiger partial charge in [-0.15, -0.1) is 23.2 Å². The maximum absolute atomic E-state index is 13.2. The zero-order chi connectivity index (χ0) is 34.9. The fraction of sp³-hybridized carbons (Fsp3) is 0.780. The molecule has 0 spiro atoms. The van der Waals surface area contributed by atoms with Crippen molar-refractivity contribution in [3.63, 3.8) is 0 Å². The van der Waals surface area contributed by atoms with E-state index in [1.165, 1.54) is 114 Å². The number of carbonyl (C=O) groups is 1. The summed E-state index contributed by atoms with van der Waals surface area (Å²) in [7, 11) is 3.21. The molecule has 2 unspecified atom stereocenters. The molecular weight excluding hydrogens is 667 g/mol. The van der Waals surface area contributed by atoms with Crippen LogP contribution >= 0.6 is 23.2 Å². The van der Waals surface area contributed by atoms with Gasteiger partial charge in [0.2, 0.25) is 0 Å². The molecule has 276 valence electrons. The Labute approximate surface area is 310 Å². The van der Waals surface area contributed by atoms with Crippen molar-refractivity contribution in [2.24, 2.45) is 35.5 Å². The second-order valence-electron chi connectivity index (χ2n) is 16.5. The lowest BCUT2D eigenvalue weighted by Crippen LogP contribution is -2.27. The van der Waals surface area contributed by atoms with Crippen LogP contribution in [0.15, 0.2) is 24.8 Å². The Kier molecular flexibility index (Phi) is 14.1. The molecule has 2 atom stereocenters. The van der Waals surface area contributed by atoms with Crippen LogP contribution in [0.2, 0.25) is 0 Å². The van der Waals surface area contributed by atoms with Gasteiger partial charge in [0.1, 0.15) is 5.78 Å². The van der Waals surface area contributed by atoms with Crippen LogP contribution < -0.4 is 9.47 Å². The Hall–Kier alpha value is -1.99. The van der Waals surface area contributed by atoms with E-state index < -0.39 is 0 Å². The quantitative estimate of drug-likeness (QED) is 0.179. The third-order valence-corrected chi connectivity index (χ3v) is 14.3. The smallest absolute Gasteiger partial charge is 0.316 e. The maximum Gasteiger partial charge on any atom is 0.316 e. The highest BCUT2D eigenvalue weighted by Crippen LogP contribution is 2.44. The third kappa shape index (κ3) is 10.5. The van der Waals surface area contributed by atoms with Crippen LogP contribution in [0.3, 0.4) is 0 Å². The number of Topliss-reactive ketones (excluding diaryl/α,β-unsaturated/α-hetero) is 1. The minimum Gasteiger partial charge on any atom is -0.467 e. The number of aromatic nitrogens is 4. The summed E-state index contributed by atoms with van der Waals surface area (Å²) in [6.07, 6.45) is 30.7. The van der Waals surface area contributed by atoms with Crippen molar-refractivity contribution < 1.29 is 14.3 Å². The number of nitrogens with zero attached hydrogens (tertiary/aromatic N) is 4. The summed E-state index contributed by atoms with van der Waals surface area (Å²) in [4.78, 5) is 30.4. The molecule has 9 heteroatoms. The molecule has 2 heterocycles. The van der Waals surface area contributed by atoms with E-state index in [4.69, 9.17) is 32.7 Å². The summed E-state index contributed by atoms with van der Waals surface area (Å²) in [5.41, 5.74) is 2.47. The topological polar surface area (TPSA) is 87.1 Å². The molecule has 0 N–H and O–H groups in total. The van der Waals surface area contributed by atoms with Crippen LogP contribution in [0.25, 0.3) is 0 Å². The Morgan fingerprint density at radius 2 is 0.880 bits per heavy atom. The van der Waals surface area contributed by atoms with Crippen LogP contribution in [0.5, 0.6) is 12.0 Å². The van der Waals surface area contributed by atoms with E-state index in [2.05, 4.69) is 19.9 Å². The molecule has 7 nitrogen and oxygen atoms in total. The van der Waals surface area contributed by atoms with Crippen LogP contribution in [0.4, 0.5) is 0 Å². The molecule has 0 aromatic carbocycles. The minimum atomic E-state index is 0.267. The van der Waals surface area contributed by atoms with Gasteiger partial charge in [0.05, 0.1) is 14.2 Å². The van der Waals surface area contributed by atoms with Crippen molar-refractivity contribution in [1.82, 2.24) is 19.9 Å². The van der Waals surface area contributed by atoms with Crippen molar-refractivity contribution in [2.75, 3.05) is 14.2 Å². The summed E-state index contributed by atoms with van der Waals surface area (Å²) in [6, 6.07) is 0.876. The van der Waals surface area contributed by atoms with Crippen LogP contribution in [0, 0.1) is 35.5 Å². The molecule has 50 heavy (non-hydrogen) atoms. The molecule has 0 amide bonds. The number of ketones is 1. The maximum atomic E-state index is 13.2. The summed E-state index contributed by atoms with van der Waals surface area (Å²) in [5.74, 6) is 5.36. The van der Waals surface area contributed by atoms with Crippen molar-refractivity contribution in [3.05, 3.63) is 35.9 Å². The van der Waals surface area contributed by atoms with Gasteiger partial charge in [-0.05, 0) is 174 Å². The highest BCUT2D eigenvalue weighted by molar-refractivity contribution is 6.21. The summed E-state index contributed by atoms with van der Waals surface area (Å²) in [6.45, 7) is 0. The van der Waals surface area contributed by atoms with Crippen molar-refractivity contribution in [3.8, 4) is 12.0 Å². The van der Waals surface area contributed by atoms with Crippen molar-refractivity contribution >= 4 is 29.0 Å².